The van der Waals surface area contributed by atoms with Gasteiger partial charge in [-0.2, -0.15) is 0 Å². The molecule has 0 aliphatic heterocycles. The highest BCUT2D eigenvalue weighted by Crippen LogP contribution is 2.23. The summed E-state index contributed by atoms with van der Waals surface area (Å²) < 4.78 is 0. The van der Waals surface area contributed by atoms with Crippen molar-refractivity contribution in [1.29, 1.82) is 0 Å². The smallest absolute Gasteiger partial charge is 0.233 e. The second-order valence-corrected chi connectivity index (χ2v) is 5.39. The molecule has 0 spiro atoms. The predicted molar refractivity (Wildman–Crippen MR) is 88.9 cm³/mol. The molecule has 0 N–H and O–H groups in total. The molecule has 0 saturated carbocycles. The molecule has 0 heterocycles. The topological polar surface area (TPSA) is 57.4 Å². The van der Waals surface area contributed by atoms with Crippen molar-refractivity contribution in [3.8, 4) is 0 Å². The molecule has 0 atom stereocenters. The van der Waals surface area contributed by atoms with Gasteiger partial charge in [-0.1, -0.05) is 0 Å². The predicted octanol–water partition coefficient (Wildman–Crippen LogP) is 2.47. The van der Waals surface area contributed by atoms with Crippen LogP contribution in [0.15, 0.2) is 23.5 Å². The molecule has 0 unspecified atom stereocenters. The van der Waals surface area contributed by atoms with Crippen molar-refractivity contribution < 1.29 is 9.81 Å². The first-order chi connectivity index (χ1) is 10.4. The third kappa shape index (κ3) is 4.98. The Bertz CT molecular complexity index is 472. The van der Waals surface area contributed by atoms with Crippen molar-refractivity contribution in [2.45, 2.75) is 20.5 Å². The molecule has 1 aromatic rings. The van der Waals surface area contributed by atoms with Gasteiger partial charge < -0.3 is 19.8 Å². The highest BCUT2D eigenvalue weighted by Gasteiger charge is 2.08. The Morgan fingerprint density at radius 1 is 1.00 bits per heavy atom. The van der Waals surface area contributed by atoms with Crippen molar-refractivity contribution in [2.24, 2.45) is 5.28 Å². The van der Waals surface area contributed by atoms with Gasteiger partial charge in [0.2, 0.25) is 5.28 Å². The van der Waals surface area contributed by atoms with Crippen LogP contribution in [-0.4, -0.2) is 51.3 Å². The molecule has 1 aromatic carbocycles. The molecular formula is C15H27N5O2. The van der Waals surface area contributed by atoms with Crippen molar-refractivity contribution >= 4 is 11.4 Å². The molecule has 0 fully saturated rings. The van der Waals surface area contributed by atoms with Crippen LogP contribution in [0.5, 0.6) is 0 Å². The maximum atomic E-state index is 11.7. The summed E-state index contributed by atoms with van der Waals surface area (Å²) in [6, 6.07) is 6.14. The van der Waals surface area contributed by atoms with Crippen LogP contribution in [0.25, 0.3) is 0 Å². The van der Waals surface area contributed by atoms with Crippen molar-refractivity contribution in [3.63, 3.8) is 0 Å². The molecule has 7 nitrogen and oxygen atoms in total. The van der Waals surface area contributed by atoms with Crippen LogP contribution >= 0.6 is 0 Å². The van der Waals surface area contributed by atoms with Gasteiger partial charge in [-0.25, -0.2) is 0 Å². The van der Waals surface area contributed by atoms with E-state index in [9.17, 15) is 5.21 Å². The van der Waals surface area contributed by atoms with Gasteiger partial charge in [0, 0.05) is 39.6 Å². The van der Waals surface area contributed by atoms with Crippen molar-refractivity contribution in [2.75, 3.05) is 51.1 Å². The van der Waals surface area contributed by atoms with E-state index in [-0.39, 0.29) is 6.61 Å². The lowest BCUT2D eigenvalue weighted by atomic mass is 10.1. The first-order valence-electron chi connectivity index (χ1n) is 7.42. The minimum Gasteiger partial charge on any atom is -0.569 e. The fourth-order valence-electron chi connectivity index (χ4n) is 1.93. The zero-order valence-electron chi connectivity index (χ0n) is 14.4. The van der Waals surface area contributed by atoms with Crippen molar-refractivity contribution in [1.82, 2.24) is 5.01 Å². The molecule has 0 radical (unpaired) electrons. The molecule has 124 valence electrons. The largest absolute Gasteiger partial charge is 0.569 e. The van der Waals surface area contributed by atoms with E-state index in [2.05, 4.69) is 11.3 Å². The van der Waals surface area contributed by atoms with Gasteiger partial charge in [0.15, 0.2) is 0 Å². The average molecular weight is 309 g/mol. The Kier molecular flexibility index (Phi) is 6.75. The van der Waals surface area contributed by atoms with Crippen LogP contribution in [0, 0.1) is 5.21 Å². The molecule has 0 bridgehead atoms. The molecule has 0 aliphatic rings. The Hall–Kier alpha value is -2.18. The second kappa shape index (κ2) is 8.31. The van der Waals surface area contributed by atoms with E-state index >= 15 is 0 Å². The van der Waals surface area contributed by atoms with Crippen LogP contribution in [0.1, 0.15) is 19.4 Å². The lowest BCUT2D eigenvalue weighted by molar-refractivity contribution is -0.710. The number of anilines is 2. The van der Waals surface area contributed by atoms with Crippen LogP contribution in [0.2, 0.25) is 0 Å². The molecule has 7 heteroatoms. The van der Waals surface area contributed by atoms with Gasteiger partial charge in [-0.3, -0.25) is 0 Å². The first kappa shape index (κ1) is 17.9. The summed E-state index contributed by atoms with van der Waals surface area (Å²) in [5, 5.41) is 16.8. The third-order valence-electron chi connectivity index (χ3n) is 3.33. The van der Waals surface area contributed by atoms with Crippen LogP contribution in [0.3, 0.4) is 0 Å². The summed E-state index contributed by atoms with van der Waals surface area (Å²) in [7, 11) is 7.96. The fourth-order valence-corrected chi connectivity index (χ4v) is 1.93. The number of hydrazine groups is 1. The summed E-state index contributed by atoms with van der Waals surface area (Å²) >= 11 is 0. The Balaban J connectivity index is 2.83. The van der Waals surface area contributed by atoms with Gasteiger partial charge in [0.1, 0.15) is 6.61 Å². The van der Waals surface area contributed by atoms with E-state index in [0.717, 1.165) is 16.9 Å². The summed E-state index contributed by atoms with van der Waals surface area (Å²) in [5.74, 6) is 0. The van der Waals surface area contributed by atoms with Gasteiger partial charge in [0.25, 0.3) is 0 Å². The molecule has 0 saturated heterocycles. The Labute approximate surface area is 132 Å². The van der Waals surface area contributed by atoms with E-state index in [1.54, 1.807) is 0 Å². The summed E-state index contributed by atoms with van der Waals surface area (Å²) in [4.78, 5) is 9.76. The fraction of sp³-hybridized carbons (Fsp3) is 0.600. The maximum absolute atomic E-state index is 11.7. The van der Waals surface area contributed by atoms with Gasteiger partial charge in [0.05, 0.1) is 18.1 Å². The van der Waals surface area contributed by atoms with E-state index in [1.165, 1.54) is 5.01 Å². The standard InChI is InChI=1S/C15H27N5O2/c1-7-19(8-2)20(21)16-22-12-13-9-14(17(3)4)11-15(10-13)18(5)6/h9-11H,7-8,12H2,1-6H3/b20-16-. The average Bonchev–Trinajstić information content (AvgIpc) is 2.48. The normalized spacial score (nSPS) is 11.3. The zero-order chi connectivity index (χ0) is 16.7. The SMILES string of the molecule is CCN(CC)/[N+]([O-])=N/OCc1cc(N(C)C)cc(N(C)C)c1. The van der Waals surface area contributed by atoms with Gasteiger partial charge in [-0.15, -0.1) is 5.01 Å². The number of hydrogen-bond donors (Lipinski definition) is 0. The number of hydrogen-bond acceptors (Lipinski definition) is 5. The second-order valence-electron chi connectivity index (χ2n) is 5.39. The lowest BCUT2D eigenvalue weighted by Crippen LogP contribution is -2.30. The third-order valence-corrected chi connectivity index (χ3v) is 3.33. The van der Waals surface area contributed by atoms with Crippen LogP contribution in [0.4, 0.5) is 11.4 Å². The highest BCUT2D eigenvalue weighted by molar-refractivity contribution is 5.60. The minimum absolute atomic E-state index is 0.253. The van der Waals surface area contributed by atoms with Gasteiger partial charge >= 0.3 is 0 Å². The van der Waals surface area contributed by atoms with Crippen LogP contribution < -0.4 is 9.80 Å². The molecule has 0 aliphatic carbocycles. The van der Waals surface area contributed by atoms with E-state index in [1.807, 2.05) is 64.0 Å². The number of rotatable bonds is 8. The monoisotopic (exact) mass is 309 g/mol. The Morgan fingerprint density at radius 2 is 1.50 bits per heavy atom. The van der Waals surface area contributed by atoms with E-state index < -0.39 is 0 Å². The summed E-state index contributed by atoms with van der Waals surface area (Å²) in [5.41, 5.74) is 3.12. The molecule has 22 heavy (non-hydrogen) atoms. The Morgan fingerprint density at radius 3 is 1.91 bits per heavy atom. The quantitative estimate of drug-likeness (QED) is 0.419. The molecule has 0 amide bonds. The maximum Gasteiger partial charge on any atom is 0.233 e. The van der Waals surface area contributed by atoms with Gasteiger partial charge in [-0.05, 0) is 37.6 Å². The molecule has 1 rings (SSSR count). The first-order valence-corrected chi connectivity index (χ1v) is 7.42. The zero-order valence-corrected chi connectivity index (χ0v) is 14.4. The van der Waals surface area contributed by atoms with Crippen molar-refractivity contribution in [3.05, 3.63) is 29.0 Å². The van der Waals surface area contributed by atoms with E-state index in [0.29, 0.717) is 18.1 Å². The summed E-state index contributed by atoms with van der Waals surface area (Å²) in [6.45, 7) is 5.23. The van der Waals surface area contributed by atoms with E-state index in [4.69, 9.17) is 4.84 Å². The van der Waals surface area contributed by atoms with Crippen LogP contribution in [-0.2, 0) is 11.4 Å². The molecule has 0 aromatic heterocycles. The number of benzene rings is 1. The number of nitrogens with zero attached hydrogens (tertiary/aromatic N) is 5. The molecular weight excluding hydrogens is 282 g/mol. The summed E-state index contributed by atoms with van der Waals surface area (Å²) in [6.07, 6.45) is 0. The lowest BCUT2D eigenvalue weighted by Gasteiger charge is -2.19. The highest BCUT2D eigenvalue weighted by atomic mass is 16.7. The minimum atomic E-state index is 0.253.